The number of nitrogens with zero attached hydrogens (tertiary/aromatic N) is 3. The second-order valence-electron chi connectivity index (χ2n) is 4.52. The van der Waals surface area contributed by atoms with Crippen LogP contribution in [0.5, 0.6) is 5.88 Å². The summed E-state index contributed by atoms with van der Waals surface area (Å²) < 4.78 is 40.9. The molecule has 2 aromatic heterocycles. The fourth-order valence-corrected chi connectivity index (χ4v) is 2.50. The molecule has 0 aromatic carbocycles. The number of pyridine rings is 1. The van der Waals surface area contributed by atoms with Crippen LogP contribution >= 0.6 is 11.3 Å². The Morgan fingerprint density at radius 1 is 1.43 bits per heavy atom. The summed E-state index contributed by atoms with van der Waals surface area (Å²) in [6.45, 7) is 0.216. The molecule has 2 heterocycles. The van der Waals surface area contributed by atoms with E-state index in [-0.39, 0.29) is 11.6 Å². The molecule has 0 fully saturated rings. The third-order valence-electron chi connectivity index (χ3n) is 2.63. The molecule has 2 rings (SSSR count). The smallest absolute Gasteiger partial charge is 0.422 e. The van der Waals surface area contributed by atoms with E-state index in [1.165, 1.54) is 18.2 Å². The predicted octanol–water partition coefficient (Wildman–Crippen LogP) is 3.28. The summed E-state index contributed by atoms with van der Waals surface area (Å²) >= 11 is 1.16. The quantitative estimate of drug-likeness (QED) is 0.780. The van der Waals surface area contributed by atoms with Gasteiger partial charge >= 0.3 is 6.18 Å². The van der Waals surface area contributed by atoms with Gasteiger partial charge in [-0.3, -0.25) is 4.79 Å². The number of thiazole rings is 1. The van der Waals surface area contributed by atoms with Crippen molar-refractivity contribution in [2.24, 2.45) is 0 Å². The average Bonchev–Trinajstić information content (AvgIpc) is 2.92. The predicted molar refractivity (Wildman–Crippen MR) is 75.3 cm³/mol. The van der Waals surface area contributed by atoms with E-state index in [9.17, 15) is 23.2 Å². The lowest BCUT2D eigenvalue weighted by molar-refractivity contribution is -0.154. The Balaban J connectivity index is 2.20. The number of nitriles is 1. The monoisotopic (exact) mass is 341 g/mol. The zero-order chi connectivity index (χ0) is 17.0. The molecule has 0 saturated carbocycles. The molecule has 0 spiro atoms. The lowest BCUT2D eigenvalue weighted by atomic mass is 10.0. The number of carbonyl (C=O) groups is 1. The summed E-state index contributed by atoms with van der Waals surface area (Å²) in [5.74, 6) is -2.13. The highest BCUT2D eigenvalue weighted by atomic mass is 32.1. The van der Waals surface area contributed by atoms with Crippen molar-refractivity contribution in [3.05, 3.63) is 40.0 Å². The number of ketones is 1. The number of ether oxygens (including phenoxy) is 1. The zero-order valence-corrected chi connectivity index (χ0v) is 12.6. The van der Waals surface area contributed by atoms with Crippen LogP contribution in [0.15, 0.2) is 23.6 Å². The molecule has 1 atom stereocenters. The molecule has 0 aliphatic heterocycles. The summed E-state index contributed by atoms with van der Waals surface area (Å²) in [6, 6.07) is 5.70. The number of halogens is 3. The normalized spacial score (nSPS) is 12.5. The molecule has 5 nitrogen and oxygen atoms in total. The number of hydrogen-bond acceptors (Lipinski definition) is 6. The van der Waals surface area contributed by atoms with Crippen LogP contribution in [0.1, 0.15) is 27.1 Å². The van der Waals surface area contributed by atoms with Crippen molar-refractivity contribution >= 4 is 17.1 Å². The lowest BCUT2D eigenvalue weighted by Gasteiger charge is -2.09. The fraction of sp³-hybridized carbons (Fsp3) is 0.286. The van der Waals surface area contributed by atoms with Gasteiger partial charge in [-0.2, -0.15) is 18.4 Å². The Labute approximate surface area is 133 Å². The maximum atomic E-state index is 12.3. The van der Waals surface area contributed by atoms with Crippen LogP contribution in [-0.4, -0.2) is 28.5 Å². The summed E-state index contributed by atoms with van der Waals surface area (Å²) in [4.78, 5) is 20.2. The van der Waals surface area contributed by atoms with Crippen molar-refractivity contribution in [1.82, 2.24) is 9.97 Å². The van der Waals surface area contributed by atoms with Crippen LogP contribution < -0.4 is 4.74 Å². The average molecular weight is 341 g/mol. The summed E-state index contributed by atoms with van der Waals surface area (Å²) in [7, 11) is 0. The van der Waals surface area contributed by atoms with Gasteiger partial charge in [0.2, 0.25) is 11.7 Å². The van der Waals surface area contributed by atoms with E-state index in [0.29, 0.717) is 10.7 Å². The summed E-state index contributed by atoms with van der Waals surface area (Å²) in [5.41, 5.74) is 0.525. The number of hydrogen-bond donors (Lipinski definition) is 0. The van der Waals surface area contributed by atoms with Crippen LogP contribution in [0.3, 0.4) is 0 Å². The minimum Gasteiger partial charge on any atom is -0.468 e. The van der Waals surface area contributed by atoms with Crippen LogP contribution in [0, 0.1) is 18.3 Å². The van der Waals surface area contributed by atoms with Gasteiger partial charge in [0, 0.05) is 17.1 Å². The molecular weight excluding hydrogens is 331 g/mol. The maximum absolute atomic E-state index is 12.3. The van der Waals surface area contributed by atoms with E-state index in [2.05, 4.69) is 14.7 Å². The van der Waals surface area contributed by atoms with Gasteiger partial charge in [-0.15, -0.1) is 11.3 Å². The number of Topliss-reactive ketones (excluding diaryl/α,β-unsaturated/α-hetero) is 1. The number of carbonyl (C=O) groups excluding carboxylic acids is 1. The molecule has 0 radical (unpaired) electrons. The van der Waals surface area contributed by atoms with Crippen LogP contribution in [0.2, 0.25) is 0 Å². The van der Waals surface area contributed by atoms with Crippen molar-refractivity contribution in [3.8, 4) is 11.9 Å². The Hall–Kier alpha value is -2.47. The van der Waals surface area contributed by atoms with Gasteiger partial charge in [-0.05, 0) is 13.0 Å². The largest absolute Gasteiger partial charge is 0.468 e. The molecule has 120 valence electrons. The second-order valence-corrected chi connectivity index (χ2v) is 5.41. The fourth-order valence-electron chi connectivity index (χ4n) is 1.67. The molecule has 9 heteroatoms. The molecule has 0 saturated heterocycles. The highest BCUT2D eigenvalue weighted by molar-refractivity contribution is 7.10. The number of aryl methyl sites for hydroxylation is 1. The van der Waals surface area contributed by atoms with Crippen molar-refractivity contribution in [3.63, 3.8) is 0 Å². The van der Waals surface area contributed by atoms with E-state index in [1.807, 2.05) is 6.07 Å². The minimum atomic E-state index is -4.50. The first-order valence-electron chi connectivity index (χ1n) is 6.32. The van der Waals surface area contributed by atoms with Gasteiger partial charge in [0.1, 0.15) is 10.7 Å². The molecular formula is C14H10F3N3O2S. The van der Waals surface area contributed by atoms with Gasteiger partial charge in [0.05, 0.1) is 6.07 Å². The third-order valence-corrected chi connectivity index (χ3v) is 3.66. The first-order chi connectivity index (χ1) is 10.8. The van der Waals surface area contributed by atoms with E-state index >= 15 is 0 Å². The first-order valence-corrected chi connectivity index (χ1v) is 7.20. The third kappa shape index (κ3) is 4.50. The summed E-state index contributed by atoms with van der Waals surface area (Å²) in [5, 5.41) is 11.2. The Morgan fingerprint density at radius 2 is 2.17 bits per heavy atom. The highest BCUT2D eigenvalue weighted by Crippen LogP contribution is 2.24. The number of aromatic nitrogens is 2. The van der Waals surface area contributed by atoms with Gasteiger partial charge < -0.3 is 4.74 Å². The van der Waals surface area contributed by atoms with Crippen molar-refractivity contribution in [2.75, 3.05) is 6.61 Å². The molecule has 0 amide bonds. The Bertz CT molecular complexity index is 752. The van der Waals surface area contributed by atoms with E-state index in [0.717, 1.165) is 11.3 Å². The van der Waals surface area contributed by atoms with Crippen LogP contribution in [-0.2, 0) is 0 Å². The molecule has 2 aromatic rings. The molecule has 0 aliphatic rings. The maximum Gasteiger partial charge on any atom is 0.422 e. The number of rotatable bonds is 5. The van der Waals surface area contributed by atoms with Crippen LogP contribution in [0.4, 0.5) is 13.2 Å². The molecule has 23 heavy (non-hydrogen) atoms. The molecule has 0 N–H and O–H groups in total. The van der Waals surface area contributed by atoms with Crippen molar-refractivity contribution < 1.29 is 22.7 Å². The van der Waals surface area contributed by atoms with Gasteiger partial charge in [0.25, 0.3) is 0 Å². The molecule has 0 unspecified atom stereocenters. The topological polar surface area (TPSA) is 75.9 Å². The zero-order valence-electron chi connectivity index (χ0n) is 11.8. The summed E-state index contributed by atoms with van der Waals surface area (Å²) in [6.07, 6.45) is -4.50. The van der Waals surface area contributed by atoms with E-state index in [4.69, 9.17) is 0 Å². The van der Waals surface area contributed by atoms with E-state index < -0.39 is 24.5 Å². The van der Waals surface area contributed by atoms with Gasteiger partial charge in [0.15, 0.2) is 12.5 Å². The Morgan fingerprint density at radius 3 is 2.74 bits per heavy atom. The lowest BCUT2D eigenvalue weighted by Crippen LogP contribution is -2.20. The van der Waals surface area contributed by atoms with Gasteiger partial charge in [-0.25, -0.2) is 9.97 Å². The van der Waals surface area contributed by atoms with Crippen molar-refractivity contribution in [1.29, 1.82) is 5.26 Å². The SMILES string of the molecule is Cc1csc([C@@H](C#N)C(=O)c2cccc(OCC(F)(F)F)n2)n1. The Kier molecular flexibility index (Phi) is 4.95. The van der Waals surface area contributed by atoms with E-state index in [1.54, 1.807) is 12.3 Å². The number of alkyl halides is 3. The standard InChI is InChI=1S/C14H10F3N3O2S/c1-8-6-23-13(19-8)9(5-18)12(21)10-3-2-4-11(20-10)22-7-14(15,16)17/h2-4,6,9H,7H2,1H3/t9-/m0/s1. The first kappa shape index (κ1) is 16.9. The van der Waals surface area contributed by atoms with Crippen molar-refractivity contribution in [2.45, 2.75) is 19.0 Å². The second kappa shape index (κ2) is 6.75. The van der Waals surface area contributed by atoms with Crippen LogP contribution in [0.25, 0.3) is 0 Å². The highest BCUT2D eigenvalue weighted by Gasteiger charge is 2.29. The molecule has 0 bridgehead atoms. The molecule has 0 aliphatic carbocycles. The van der Waals surface area contributed by atoms with Gasteiger partial charge in [-0.1, -0.05) is 6.07 Å². The minimum absolute atomic E-state index is 0.149.